The lowest BCUT2D eigenvalue weighted by molar-refractivity contribution is -0.384. The molecule has 1 aromatic heterocycles. The lowest BCUT2D eigenvalue weighted by Gasteiger charge is -2.07. The molecule has 0 fully saturated rings. The number of pyridine rings is 1. The molecule has 21 heavy (non-hydrogen) atoms. The molecule has 7 heteroatoms. The number of ketones is 1. The molecular weight excluding hydrogens is 277 g/mol. The zero-order valence-corrected chi connectivity index (χ0v) is 10.6. The largest absolute Gasteiger partial charge is 0.292 e. The summed E-state index contributed by atoms with van der Waals surface area (Å²) < 4.78 is 12.8. The second-order valence-electron chi connectivity index (χ2n) is 4.13. The number of benzene rings is 1. The lowest BCUT2D eigenvalue weighted by Crippen LogP contribution is -2.12. The van der Waals surface area contributed by atoms with Crippen LogP contribution in [0, 0.1) is 27.3 Å². The Hall–Kier alpha value is -3.14. The fraction of sp³-hybridized carbons (Fsp3) is 0.0714. The van der Waals surface area contributed by atoms with Crippen LogP contribution in [0.15, 0.2) is 42.6 Å². The minimum atomic E-state index is -1.19. The average molecular weight is 285 g/mol. The van der Waals surface area contributed by atoms with Crippen LogP contribution in [0.4, 0.5) is 10.1 Å². The Bertz CT molecular complexity index is 721. The Labute approximate surface area is 118 Å². The molecule has 0 radical (unpaired) electrons. The van der Waals surface area contributed by atoms with Crippen LogP contribution in [0.3, 0.4) is 0 Å². The van der Waals surface area contributed by atoms with Gasteiger partial charge >= 0.3 is 0 Å². The molecule has 1 atom stereocenters. The summed E-state index contributed by atoms with van der Waals surface area (Å²) >= 11 is 0. The number of Topliss-reactive ketones (excluding diaryl/α,β-unsaturated/α-hetero) is 1. The second kappa shape index (κ2) is 5.88. The molecule has 0 bridgehead atoms. The van der Waals surface area contributed by atoms with Crippen LogP contribution in [0.1, 0.15) is 22.0 Å². The Balaban J connectivity index is 2.30. The highest BCUT2D eigenvalue weighted by molar-refractivity contribution is 6.02. The molecule has 0 N–H and O–H groups in total. The number of nitro benzene ring substituents is 1. The van der Waals surface area contributed by atoms with Crippen molar-refractivity contribution in [2.75, 3.05) is 0 Å². The highest BCUT2D eigenvalue weighted by Gasteiger charge is 2.23. The molecule has 1 heterocycles. The van der Waals surface area contributed by atoms with Crippen molar-refractivity contribution in [1.82, 2.24) is 4.98 Å². The van der Waals surface area contributed by atoms with Gasteiger partial charge in [-0.05, 0) is 24.3 Å². The van der Waals surface area contributed by atoms with Crippen LogP contribution in [0.25, 0.3) is 0 Å². The number of non-ortho nitro benzene ring substituents is 1. The zero-order valence-electron chi connectivity index (χ0n) is 10.6. The van der Waals surface area contributed by atoms with E-state index in [1.165, 1.54) is 30.3 Å². The molecule has 2 aromatic rings. The molecule has 0 amide bonds. The maximum Gasteiger partial charge on any atom is 0.269 e. The van der Waals surface area contributed by atoms with Crippen molar-refractivity contribution in [2.24, 2.45) is 0 Å². The normalized spacial score (nSPS) is 11.4. The highest BCUT2D eigenvalue weighted by Crippen LogP contribution is 2.20. The van der Waals surface area contributed by atoms with E-state index in [9.17, 15) is 19.3 Å². The van der Waals surface area contributed by atoms with Gasteiger partial charge in [0.2, 0.25) is 0 Å². The standard InChI is InChI=1S/C14H8FN3O3/c15-10-3-6-13(17-8-10)12(7-16)14(19)9-1-4-11(5-2-9)18(20)21/h1-6,8,12H/t12-/m0/s1. The van der Waals surface area contributed by atoms with E-state index in [1.54, 1.807) is 6.07 Å². The van der Waals surface area contributed by atoms with Crippen molar-refractivity contribution in [1.29, 1.82) is 5.26 Å². The van der Waals surface area contributed by atoms with E-state index >= 15 is 0 Å². The van der Waals surface area contributed by atoms with Gasteiger partial charge in [0.05, 0.1) is 22.9 Å². The van der Waals surface area contributed by atoms with E-state index in [2.05, 4.69) is 4.98 Å². The van der Waals surface area contributed by atoms with Gasteiger partial charge in [-0.3, -0.25) is 19.9 Å². The predicted molar refractivity (Wildman–Crippen MR) is 70.0 cm³/mol. The molecule has 0 aliphatic rings. The third kappa shape index (κ3) is 3.06. The molecular formula is C14H8FN3O3. The Kier molecular flexibility index (Phi) is 4.00. The molecule has 0 unspecified atom stereocenters. The van der Waals surface area contributed by atoms with Crippen molar-refractivity contribution in [3.8, 4) is 6.07 Å². The van der Waals surface area contributed by atoms with Gasteiger partial charge in [-0.2, -0.15) is 5.26 Å². The molecule has 1 aromatic carbocycles. The first-order valence-electron chi connectivity index (χ1n) is 5.82. The molecule has 2 rings (SSSR count). The second-order valence-corrected chi connectivity index (χ2v) is 4.13. The summed E-state index contributed by atoms with van der Waals surface area (Å²) in [4.78, 5) is 25.9. The first-order chi connectivity index (χ1) is 10.0. The van der Waals surface area contributed by atoms with Crippen LogP contribution in [-0.2, 0) is 0 Å². The van der Waals surface area contributed by atoms with Gasteiger partial charge < -0.3 is 0 Å². The monoisotopic (exact) mass is 285 g/mol. The quantitative estimate of drug-likeness (QED) is 0.488. The van der Waals surface area contributed by atoms with Gasteiger partial charge in [-0.15, -0.1) is 0 Å². The van der Waals surface area contributed by atoms with E-state index in [0.29, 0.717) is 0 Å². The van der Waals surface area contributed by atoms with Crippen LogP contribution < -0.4 is 0 Å². The summed E-state index contributed by atoms with van der Waals surface area (Å²) in [5.41, 5.74) is 0.125. The number of hydrogen-bond donors (Lipinski definition) is 0. The summed E-state index contributed by atoms with van der Waals surface area (Å²) in [6.07, 6.45) is 0.919. The number of nitro groups is 1. The van der Waals surface area contributed by atoms with Crippen molar-refractivity contribution < 1.29 is 14.1 Å². The molecule has 0 aliphatic heterocycles. The summed E-state index contributed by atoms with van der Waals surface area (Å²) in [5.74, 6) is -2.31. The van der Waals surface area contributed by atoms with Gasteiger partial charge in [0.25, 0.3) is 5.69 Å². The Morgan fingerprint density at radius 2 is 1.95 bits per heavy atom. The Morgan fingerprint density at radius 3 is 2.43 bits per heavy atom. The van der Waals surface area contributed by atoms with Crippen molar-refractivity contribution in [3.63, 3.8) is 0 Å². The first kappa shape index (κ1) is 14.3. The van der Waals surface area contributed by atoms with Gasteiger partial charge in [0.1, 0.15) is 5.82 Å². The van der Waals surface area contributed by atoms with Gasteiger partial charge in [0, 0.05) is 17.7 Å². The number of rotatable bonds is 4. The van der Waals surface area contributed by atoms with Crippen LogP contribution in [-0.4, -0.2) is 15.7 Å². The third-order valence-corrected chi connectivity index (χ3v) is 2.80. The fourth-order valence-corrected chi connectivity index (χ4v) is 1.73. The molecule has 0 saturated heterocycles. The minimum absolute atomic E-state index is 0.127. The molecule has 0 spiro atoms. The van der Waals surface area contributed by atoms with E-state index < -0.39 is 22.4 Å². The molecule has 0 aliphatic carbocycles. The number of nitriles is 1. The number of carbonyl (C=O) groups excluding carboxylic acids is 1. The summed E-state index contributed by atoms with van der Waals surface area (Å²) in [6, 6.07) is 9.07. The fourth-order valence-electron chi connectivity index (χ4n) is 1.73. The van der Waals surface area contributed by atoms with E-state index in [4.69, 9.17) is 5.26 Å². The average Bonchev–Trinajstić information content (AvgIpc) is 2.50. The molecule has 6 nitrogen and oxygen atoms in total. The van der Waals surface area contributed by atoms with Crippen molar-refractivity contribution in [2.45, 2.75) is 5.92 Å². The predicted octanol–water partition coefficient (Wildman–Crippen LogP) is 2.62. The molecule has 104 valence electrons. The van der Waals surface area contributed by atoms with Crippen LogP contribution in [0.5, 0.6) is 0 Å². The SMILES string of the molecule is N#C[C@H](C(=O)c1ccc([N+](=O)[O-])cc1)c1ccc(F)cn1. The smallest absolute Gasteiger partial charge is 0.269 e. The van der Waals surface area contributed by atoms with Crippen molar-refractivity contribution in [3.05, 3.63) is 69.8 Å². The number of carbonyl (C=O) groups is 1. The van der Waals surface area contributed by atoms with Crippen molar-refractivity contribution >= 4 is 11.5 Å². The van der Waals surface area contributed by atoms with E-state index in [1.807, 2.05) is 0 Å². The summed E-state index contributed by atoms with van der Waals surface area (Å²) in [6.45, 7) is 0. The van der Waals surface area contributed by atoms with E-state index in [-0.39, 0.29) is 16.9 Å². The van der Waals surface area contributed by atoms with Crippen LogP contribution >= 0.6 is 0 Å². The zero-order chi connectivity index (χ0) is 15.4. The van der Waals surface area contributed by atoms with Gasteiger partial charge in [-0.25, -0.2) is 4.39 Å². The number of aromatic nitrogens is 1. The molecule has 0 saturated carbocycles. The number of hydrogen-bond acceptors (Lipinski definition) is 5. The Morgan fingerprint density at radius 1 is 1.29 bits per heavy atom. The third-order valence-electron chi connectivity index (χ3n) is 2.80. The maximum atomic E-state index is 12.8. The summed E-state index contributed by atoms with van der Waals surface area (Å²) in [7, 11) is 0. The first-order valence-corrected chi connectivity index (χ1v) is 5.82. The topological polar surface area (TPSA) is 96.9 Å². The van der Waals surface area contributed by atoms with E-state index in [0.717, 1.165) is 12.3 Å². The summed E-state index contributed by atoms with van der Waals surface area (Å²) in [5, 5.41) is 19.7. The van der Waals surface area contributed by atoms with Gasteiger partial charge in [-0.1, -0.05) is 0 Å². The maximum absolute atomic E-state index is 12.8. The number of nitrogens with zero attached hydrogens (tertiary/aromatic N) is 3. The number of halogens is 1. The lowest BCUT2D eigenvalue weighted by atomic mass is 9.95. The van der Waals surface area contributed by atoms with Gasteiger partial charge in [0.15, 0.2) is 11.7 Å². The highest BCUT2D eigenvalue weighted by atomic mass is 19.1. The van der Waals surface area contributed by atoms with Crippen LogP contribution in [0.2, 0.25) is 0 Å². The minimum Gasteiger partial charge on any atom is -0.292 e.